The van der Waals surface area contributed by atoms with E-state index in [1.54, 1.807) is 6.07 Å². The summed E-state index contributed by atoms with van der Waals surface area (Å²) in [5.74, 6) is 0.831. The second kappa shape index (κ2) is 5.17. The topological polar surface area (TPSA) is 20.3 Å². The standard InChI is InChI=1S/C16H18FNOS/c1-10-5-11(2)8-18(7-10)14-9-20-15-4-3-12(17)6-13(15)16(14)19/h3-4,6,9-11H,5,7-8H2,1-2H3/t10-,11-/m0/s1. The Labute approximate surface area is 121 Å². The van der Waals surface area contributed by atoms with Crippen LogP contribution in [0.5, 0.6) is 0 Å². The van der Waals surface area contributed by atoms with Gasteiger partial charge in [0.05, 0.1) is 5.69 Å². The fraction of sp³-hybridized carbons (Fsp3) is 0.438. The normalized spacial score (nSPS) is 23.2. The van der Waals surface area contributed by atoms with E-state index in [0.717, 1.165) is 23.5 Å². The number of halogens is 1. The van der Waals surface area contributed by atoms with Crippen molar-refractivity contribution in [2.75, 3.05) is 18.0 Å². The van der Waals surface area contributed by atoms with Gasteiger partial charge in [0.1, 0.15) is 5.82 Å². The Hall–Kier alpha value is -1.42. The van der Waals surface area contributed by atoms with Crippen LogP contribution in [0, 0.1) is 17.7 Å². The van der Waals surface area contributed by atoms with Crippen LogP contribution in [0.25, 0.3) is 10.1 Å². The summed E-state index contributed by atoms with van der Waals surface area (Å²) in [4.78, 5) is 14.8. The number of benzene rings is 1. The molecule has 4 heteroatoms. The molecule has 0 N–H and O–H groups in total. The summed E-state index contributed by atoms with van der Waals surface area (Å²) in [7, 11) is 0. The highest BCUT2D eigenvalue weighted by Gasteiger charge is 2.24. The van der Waals surface area contributed by atoms with E-state index >= 15 is 0 Å². The van der Waals surface area contributed by atoms with Gasteiger partial charge in [0.15, 0.2) is 0 Å². The molecule has 1 aromatic heterocycles. The van der Waals surface area contributed by atoms with E-state index in [9.17, 15) is 9.18 Å². The molecule has 3 rings (SSSR count). The van der Waals surface area contributed by atoms with E-state index < -0.39 is 0 Å². The van der Waals surface area contributed by atoms with E-state index in [-0.39, 0.29) is 11.2 Å². The van der Waals surface area contributed by atoms with Crippen molar-refractivity contribution >= 4 is 27.1 Å². The predicted octanol–water partition coefficient (Wildman–Crippen LogP) is 3.88. The fourth-order valence-electron chi connectivity index (χ4n) is 3.17. The molecular formula is C16H18FNOS. The molecule has 0 saturated carbocycles. The van der Waals surface area contributed by atoms with Gasteiger partial charge in [0.25, 0.3) is 0 Å². The molecule has 0 bridgehead atoms. The van der Waals surface area contributed by atoms with E-state index in [2.05, 4.69) is 18.7 Å². The third-order valence-electron chi connectivity index (χ3n) is 3.93. The van der Waals surface area contributed by atoms with E-state index in [1.807, 2.05) is 5.38 Å². The summed E-state index contributed by atoms with van der Waals surface area (Å²) < 4.78 is 14.2. The number of fused-ring (bicyclic) bond motifs is 1. The first-order chi connectivity index (χ1) is 9.54. The van der Waals surface area contributed by atoms with Crippen LogP contribution in [0.15, 0.2) is 28.4 Å². The number of anilines is 1. The van der Waals surface area contributed by atoms with E-state index in [0.29, 0.717) is 17.2 Å². The highest BCUT2D eigenvalue weighted by atomic mass is 32.1. The zero-order valence-electron chi connectivity index (χ0n) is 11.7. The Morgan fingerprint density at radius 2 is 1.95 bits per heavy atom. The van der Waals surface area contributed by atoms with Crippen molar-refractivity contribution in [2.24, 2.45) is 11.8 Å². The summed E-state index contributed by atoms with van der Waals surface area (Å²) in [5, 5.41) is 2.42. The van der Waals surface area contributed by atoms with Crippen molar-refractivity contribution in [2.45, 2.75) is 20.3 Å². The van der Waals surface area contributed by atoms with Crippen LogP contribution in [0.3, 0.4) is 0 Å². The zero-order chi connectivity index (χ0) is 14.3. The second-order valence-electron chi connectivity index (χ2n) is 5.94. The van der Waals surface area contributed by atoms with Crippen molar-refractivity contribution < 1.29 is 4.39 Å². The Morgan fingerprint density at radius 3 is 2.65 bits per heavy atom. The van der Waals surface area contributed by atoms with Crippen LogP contribution >= 0.6 is 11.3 Å². The van der Waals surface area contributed by atoms with Gasteiger partial charge in [0.2, 0.25) is 5.43 Å². The molecule has 1 aliphatic heterocycles. The third-order valence-corrected chi connectivity index (χ3v) is 4.88. The Balaban J connectivity index is 2.08. The molecule has 2 atom stereocenters. The van der Waals surface area contributed by atoms with Crippen LogP contribution in [-0.4, -0.2) is 13.1 Å². The van der Waals surface area contributed by atoms with Gasteiger partial charge in [0, 0.05) is 28.6 Å². The van der Waals surface area contributed by atoms with Crippen molar-refractivity contribution in [3.63, 3.8) is 0 Å². The largest absolute Gasteiger partial charge is 0.367 e. The first-order valence-electron chi connectivity index (χ1n) is 7.00. The molecule has 1 aliphatic rings. The molecule has 0 amide bonds. The van der Waals surface area contributed by atoms with Gasteiger partial charge in [-0.05, 0) is 36.5 Å². The monoisotopic (exact) mass is 291 g/mol. The van der Waals surface area contributed by atoms with Crippen molar-refractivity contribution in [3.05, 3.63) is 39.6 Å². The molecule has 20 heavy (non-hydrogen) atoms. The minimum absolute atomic E-state index is 0.0421. The molecule has 0 aliphatic carbocycles. The lowest BCUT2D eigenvalue weighted by Crippen LogP contribution is -2.40. The number of hydrogen-bond donors (Lipinski definition) is 0. The second-order valence-corrected chi connectivity index (χ2v) is 6.85. The van der Waals surface area contributed by atoms with Gasteiger partial charge >= 0.3 is 0 Å². The van der Waals surface area contributed by atoms with Gasteiger partial charge in [-0.2, -0.15) is 0 Å². The highest BCUT2D eigenvalue weighted by molar-refractivity contribution is 7.16. The SMILES string of the molecule is C[C@H]1C[C@H](C)CN(c2csc3ccc(F)cc3c2=O)C1. The lowest BCUT2D eigenvalue weighted by Gasteiger charge is -2.36. The average molecular weight is 291 g/mol. The van der Waals surface area contributed by atoms with Crippen LogP contribution in [0.4, 0.5) is 10.1 Å². The van der Waals surface area contributed by atoms with Gasteiger partial charge < -0.3 is 4.90 Å². The minimum Gasteiger partial charge on any atom is -0.367 e. The maximum atomic E-state index is 13.4. The summed E-state index contributed by atoms with van der Waals surface area (Å²) in [6, 6.07) is 4.44. The molecule has 0 radical (unpaired) electrons. The molecule has 0 spiro atoms. The molecule has 1 saturated heterocycles. The number of nitrogens with zero attached hydrogens (tertiary/aromatic N) is 1. The molecular weight excluding hydrogens is 273 g/mol. The fourth-order valence-corrected chi connectivity index (χ4v) is 4.09. The smallest absolute Gasteiger partial charge is 0.211 e. The van der Waals surface area contributed by atoms with Gasteiger partial charge in [-0.3, -0.25) is 4.79 Å². The lowest BCUT2D eigenvalue weighted by molar-refractivity contribution is 0.356. The molecule has 1 fully saturated rings. The van der Waals surface area contributed by atoms with Crippen molar-refractivity contribution in [3.8, 4) is 0 Å². The van der Waals surface area contributed by atoms with Gasteiger partial charge in [-0.1, -0.05) is 13.8 Å². The van der Waals surface area contributed by atoms with Crippen LogP contribution in [0.2, 0.25) is 0 Å². The summed E-state index contributed by atoms with van der Waals surface area (Å²) in [5.41, 5.74) is 0.686. The maximum absolute atomic E-state index is 13.4. The molecule has 2 aromatic rings. The van der Waals surface area contributed by atoms with Gasteiger partial charge in [-0.15, -0.1) is 11.3 Å². The first kappa shape index (κ1) is 13.6. The zero-order valence-corrected chi connectivity index (χ0v) is 12.5. The summed E-state index contributed by atoms with van der Waals surface area (Å²) in [6.07, 6.45) is 1.20. The number of piperidine rings is 1. The minimum atomic E-state index is -0.348. The lowest BCUT2D eigenvalue weighted by atomic mass is 9.91. The first-order valence-corrected chi connectivity index (χ1v) is 7.88. The Kier molecular flexibility index (Phi) is 3.50. The Bertz CT molecular complexity index is 686. The molecule has 0 unspecified atom stereocenters. The maximum Gasteiger partial charge on any atom is 0.211 e. The molecule has 1 aromatic carbocycles. The number of rotatable bonds is 1. The average Bonchev–Trinajstić information content (AvgIpc) is 2.38. The predicted molar refractivity (Wildman–Crippen MR) is 83.2 cm³/mol. The van der Waals surface area contributed by atoms with Crippen molar-refractivity contribution in [1.82, 2.24) is 0 Å². The third kappa shape index (κ3) is 2.44. The van der Waals surface area contributed by atoms with Crippen LogP contribution < -0.4 is 10.3 Å². The quantitative estimate of drug-likeness (QED) is 0.794. The highest BCUT2D eigenvalue weighted by Crippen LogP contribution is 2.27. The summed E-state index contributed by atoms with van der Waals surface area (Å²) >= 11 is 1.51. The van der Waals surface area contributed by atoms with Crippen molar-refractivity contribution in [1.29, 1.82) is 0 Å². The van der Waals surface area contributed by atoms with Crippen LogP contribution in [-0.2, 0) is 0 Å². The van der Waals surface area contributed by atoms with Gasteiger partial charge in [-0.25, -0.2) is 4.39 Å². The van der Waals surface area contributed by atoms with Crippen LogP contribution in [0.1, 0.15) is 20.3 Å². The molecule has 2 nitrogen and oxygen atoms in total. The summed E-state index contributed by atoms with van der Waals surface area (Å²) in [6.45, 7) is 6.26. The Morgan fingerprint density at radius 1 is 1.25 bits per heavy atom. The van der Waals surface area contributed by atoms with E-state index in [1.165, 1.54) is 29.9 Å². The van der Waals surface area contributed by atoms with E-state index in [4.69, 9.17) is 0 Å². The molecule has 106 valence electrons. The number of hydrogen-bond acceptors (Lipinski definition) is 3. The molecule has 2 heterocycles.